The van der Waals surface area contributed by atoms with Gasteiger partial charge in [0.25, 0.3) is 5.71 Å². The zero-order valence-corrected chi connectivity index (χ0v) is 19.2. The molecule has 11 heteroatoms. The Morgan fingerprint density at radius 2 is 2.00 bits per heavy atom. The Morgan fingerprint density at radius 1 is 1.34 bits per heavy atom. The number of anilines is 1. The number of benzene rings is 1. The second kappa shape index (κ2) is 9.64. The lowest BCUT2D eigenvalue weighted by atomic mass is 10.1. The molecule has 0 bridgehead atoms. The molecule has 3 rings (SSSR count). The standard InChI is InChI=1S/C21H27Cl2N5O4/c1-11(14-7-21(14,22)23)27-20(32)16-6-12(10-29)9-28(16)17(30)8-26-15-5-3-2-4-13(15)18(24)19(25)31/h2-5,11-12,14,16,24,26,29H,6-10H2,1H3,(H2,25,31)(H,27,32)/p+1/t11-,12+,14-,16+/m1/s1. The summed E-state index contributed by atoms with van der Waals surface area (Å²) < 4.78 is -0.827. The first-order valence-corrected chi connectivity index (χ1v) is 11.1. The lowest BCUT2D eigenvalue weighted by Crippen LogP contribution is -2.50. The number of halogens is 2. The SMILES string of the molecule is C[C@@H](NC(=O)[C@@H]1C[C@H](CO)CN1C(=O)CNc1ccccc1C(=[NH2+])C(N)=O)[C@H]1CC1(Cl)Cl. The zero-order chi connectivity index (χ0) is 23.6. The number of nitrogens with one attached hydrogen (secondary N) is 2. The highest BCUT2D eigenvalue weighted by Gasteiger charge is 2.55. The molecule has 32 heavy (non-hydrogen) atoms. The molecule has 1 saturated carbocycles. The van der Waals surface area contributed by atoms with Crippen LogP contribution in [0.4, 0.5) is 5.69 Å². The predicted molar refractivity (Wildman–Crippen MR) is 121 cm³/mol. The van der Waals surface area contributed by atoms with Crippen LogP contribution in [-0.4, -0.2) is 69.6 Å². The minimum atomic E-state index is -0.827. The van der Waals surface area contributed by atoms with Gasteiger partial charge in [0.15, 0.2) is 0 Å². The molecule has 1 aromatic carbocycles. The van der Waals surface area contributed by atoms with Gasteiger partial charge in [-0.3, -0.25) is 14.4 Å². The van der Waals surface area contributed by atoms with Gasteiger partial charge in [0.1, 0.15) is 10.4 Å². The number of hydrogen-bond donors (Lipinski definition) is 5. The Kier molecular flexibility index (Phi) is 7.32. The number of aliphatic hydroxyl groups excluding tert-OH is 1. The summed E-state index contributed by atoms with van der Waals surface area (Å²) in [4.78, 5) is 38.8. The summed E-state index contributed by atoms with van der Waals surface area (Å²) in [5.41, 5.74) is 6.01. The fourth-order valence-electron chi connectivity index (χ4n) is 4.05. The second-order valence-corrected chi connectivity index (χ2v) is 9.93. The van der Waals surface area contributed by atoms with Crippen LogP contribution in [-0.2, 0) is 14.4 Å². The van der Waals surface area contributed by atoms with Gasteiger partial charge in [-0.05, 0) is 31.9 Å². The van der Waals surface area contributed by atoms with E-state index in [0.717, 1.165) is 0 Å². The van der Waals surface area contributed by atoms with Gasteiger partial charge in [0.2, 0.25) is 11.8 Å². The van der Waals surface area contributed by atoms with E-state index >= 15 is 0 Å². The number of likely N-dealkylation sites (tertiary alicyclic amines) is 1. The molecule has 0 aromatic heterocycles. The summed E-state index contributed by atoms with van der Waals surface area (Å²) in [6.45, 7) is 1.84. The maximum absolute atomic E-state index is 13.0. The molecule has 0 spiro atoms. The number of amides is 3. The minimum Gasteiger partial charge on any atom is -0.396 e. The normalized spacial score (nSPS) is 24.5. The Balaban J connectivity index is 1.66. The smallest absolute Gasteiger partial charge is 0.313 e. The number of rotatable bonds is 9. The van der Waals surface area contributed by atoms with Gasteiger partial charge in [-0.15, -0.1) is 23.2 Å². The van der Waals surface area contributed by atoms with Gasteiger partial charge in [-0.25, -0.2) is 5.41 Å². The number of carbonyl (C=O) groups is 3. The van der Waals surface area contributed by atoms with E-state index in [1.165, 1.54) is 4.90 Å². The van der Waals surface area contributed by atoms with Crippen molar-refractivity contribution >= 4 is 52.3 Å². The van der Waals surface area contributed by atoms with E-state index in [0.29, 0.717) is 24.1 Å². The van der Waals surface area contributed by atoms with Crippen LogP contribution < -0.4 is 21.8 Å². The first-order chi connectivity index (χ1) is 15.0. The summed E-state index contributed by atoms with van der Waals surface area (Å²) in [7, 11) is 0. The number of para-hydroxylation sites is 1. The predicted octanol–water partition coefficient (Wildman–Crippen LogP) is -0.960. The van der Waals surface area contributed by atoms with Crippen molar-refractivity contribution in [2.45, 2.75) is 36.2 Å². The zero-order valence-electron chi connectivity index (χ0n) is 17.7. The molecule has 1 aliphatic carbocycles. The molecular formula is C21H28Cl2N5O4+. The summed E-state index contributed by atoms with van der Waals surface area (Å²) in [6.07, 6.45) is 0.955. The Bertz CT molecular complexity index is 925. The third kappa shape index (κ3) is 5.33. The molecule has 1 saturated heterocycles. The van der Waals surface area contributed by atoms with Crippen molar-refractivity contribution in [3.63, 3.8) is 0 Å². The van der Waals surface area contributed by atoms with Gasteiger partial charge in [0, 0.05) is 36.7 Å². The molecule has 1 aromatic rings. The largest absolute Gasteiger partial charge is 0.396 e. The van der Waals surface area contributed by atoms with Crippen molar-refractivity contribution in [2.24, 2.45) is 17.6 Å². The molecule has 1 heterocycles. The van der Waals surface area contributed by atoms with Gasteiger partial charge in [-0.2, -0.15) is 0 Å². The van der Waals surface area contributed by atoms with Crippen molar-refractivity contribution in [3.05, 3.63) is 29.8 Å². The number of carbonyl (C=O) groups excluding carboxylic acids is 3. The van der Waals surface area contributed by atoms with Gasteiger partial charge in [0.05, 0.1) is 12.1 Å². The molecule has 174 valence electrons. The third-order valence-electron chi connectivity index (χ3n) is 6.03. The number of primary amides is 1. The fraction of sp³-hybridized carbons (Fsp3) is 0.524. The maximum Gasteiger partial charge on any atom is 0.313 e. The first-order valence-electron chi connectivity index (χ1n) is 10.4. The molecule has 0 radical (unpaired) electrons. The summed E-state index contributed by atoms with van der Waals surface area (Å²) in [5, 5.41) is 21.2. The number of nitrogens with two attached hydrogens (primary N) is 2. The average molecular weight is 485 g/mol. The molecule has 2 aliphatic rings. The number of hydrogen-bond acceptors (Lipinski definition) is 5. The summed E-state index contributed by atoms with van der Waals surface area (Å²) in [6, 6.07) is 5.77. The van der Waals surface area contributed by atoms with Crippen molar-refractivity contribution < 1.29 is 24.9 Å². The van der Waals surface area contributed by atoms with Crippen LogP contribution in [0.25, 0.3) is 0 Å². The third-order valence-corrected chi connectivity index (χ3v) is 6.90. The van der Waals surface area contributed by atoms with E-state index in [1.807, 2.05) is 6.92 Å². The fourth-order valence-corrected chi connectivity index (χ4v) is 4.77. The maximum atomic E-state index is 13.0. The van der Waals surface area contributed by atoms with E-state index in [1.54, 1.807) is 24.3 Å². The van der Waals surface area contributed by atoms with E-state index in [2.05, 4.69) is 10.6 Å². The van der Waals surface area contributed by atoms with E-state index in [-0.39, 0.29) is 55.1 Å². The number of aliphatic hydroxyl groups is 1. The molecule has 9 nitrogen and oxygen atoms in total. The lowest BCUT2D eigenvalue weighted by Gasteiger charge is -2.26. The van der Waals surface area contributed by atoms with Crippen LogP contribution in [0.1, 0.15) is 25.3 Å². The lowest BCUT2D eigenvalue weighted by molar-refractivity contribution is -0.137. The van der Waals surface area contributed by atoms with Crippen molar-refractivity contribution in [2.75, 3.05) is 25.0 Å². The molecular weight excluding hydrogens is 457 g/mol. The molecule has 2 fully saturated rings. The average Bonchev–Trinajstić information content (AvgIpc) is 3.20. The Morgan fingerprint density at radius 3 is 2.59 bits per heavy atom. The van der Waals surface area contributed by atoms with Crippen LogP contribution in [0, 0.1) is 11.8 Å². The highest BCUT2D eigenvalue weighted by Crippen LogP contribution is 2.54. The van der Waals surface area contributed by atoms with E-state index in [4.69, 9.17) is 34.3 Å². The van der Waals surface area contributed by atoms with Gasteiger partial charge < -0.3 is 26.4 Å². The van der Waals surface area contributed by atoms with Crippen molar-refractivity contribution in [1.29, 1.82) is 0 Å². The number of alkyl halides is 2. The highest BCUT2D eigenvalue weighted by atomic mass is 35.5. The Hall–Kier alpha value is -2.36. The van der Waals surface area contributed by atoms with Gasteiger partial charge in [-0.1, -0.05) is 12.1 Å². The van der Waals surface area contributed by atoms with Crippen molar-refractivity contribution in [1.82, 2.24) is 10.2 Å². The van der Waals surface area contributed by atoms with Crippen LogP contribution in [0.15, 0.2) is 24.3 Å². The van der Waals surface area contributed by atoms with Gasteiger partial charge >= 0.3 is 5.91 Å². The topological polar surface area (TPSA) is 150 Å². The first kappa shape index (κ1) is 24.3. The van der Waals surface area contributed by atoms with Crippen molar-refractivity contribution in [3.8, 4) is 0 Å². The Labute approximate surface area is 196 Å². The molecule has 1 aliphatic heterocycles. The number of nitrogens with zero attached hydrogens (tertiary/aromatic N) is 1. The summed E-state index contributed by atoms with van der Waals surface area (Å²) in [5.74, 6) is -1.63. The van der Waals surface area contributed by atoms with Crippen LogP contribution in [0.5, 0.6) is 0 Å². The molecule has 3 amide bonds. The van der Waals surface area contributed by atoms with E-state index < -0.39 is 16.3 Å². The quantitative estimate of drug-likeness (QED) is 0.226. The molecule has 4 atom stereocenters. The minimum absolute atomic E-state index is 0.0425. The second-order valence-electron chi connectivity index (χ2n) is 8.39. The van der Waals surface area contributed by atoms with E-state index in [9.17, 15) is 19.5 Å². The highest BCUT2D eigenvalue weighted by molar-refractivity contribution is 6.51. The molecule has 0 unspecified atom stereocenters. The molecule has 7 N–H and O–H groups in total. The summed E-state index contributed by atoms with van der Waals surface area (Å²) >= 11 is 12.2. The van der Waals surface area contributed by atoms with Crippen LogP contribution in [0.2, 0.25) is 0 Å². The monoisotopic (exact) mass is 484 g/mol. The van der Waals surface area contributed by atoms with Crippen LogP contribution in [0.3, 0.4) is 0 Å². The van der Waals surface area contributed by atoms with Crippen LogP contribution >= 0.6 is 23.2 Å².